The van der Waals surface area contributed by atoms with Crippen molar-refractivity contribution in [2.75, 3.05) is 0 Å². The van der Waals surface area contributed by atoms with Crippen LogP contribution in [0.1, 0.15) is 32.7 Å². The van der Waals surface area contributed by atoms with Crippen LogP contribution in [0, 0.1) is 20.8 Å². The molecule has 5 heteroatoms. The van der Waals surface area contributed by atoms with Gasteiger partial charge in [-0.15, -0.1) is 5.10 Å². The first-order valence-electron chi connectivity index (χ1n) is 7.77. The summed E-state index contributed by atoms with van der Waals surface area (Å²) < 4.78 is 7.18. The van der Waals surface area contributed by atoms with Gasteiger partial charge in [0.1, 0.15) is 5.75 Å². The van der Waals surface area contributed by atoms with Gasteiger partial charge in [0.25, 0.3) is 0 Å². The lowest BCUT2D eigenvalue weighted by Crippen LogP contribution is -2.11. The first-order valence-corrected chi connectivity index (χ1v) is 7.77. The molecule has 5 nitrogen and oxygen atoms in total. The highest BCUT2D eigenvalue weighted by Crippen LogP contribution is 2.26. The second-order valence-corrected chi connectivity index (χ2v) is 5.83. The number of rotatable bonds is 4. The highest BCUT2D eigenvalue weighted by Gasteiger charge is 2.17. The molecular formula is C19H19N3O2. The quantitative estimate of drug-likeness (QED) is 0.545. The minimum absolute atomic E-state index is 0.200. The summed E-state index contributed by atoms with van der Waals surface area (Å²) in [5, 5.41) is 7.93. The van der Waals surface area contributed by atoms with E-state index in [-0.39, 0.29) is 5.69 Å². The molecule has 0 aliphatic heterocycles. The van der Waals surface area contributed by atoms with Gasteiger partial charge in [-0.25, -0.2) is 9.48 Å². The predicted molar refractivity (Wildman–Crippen MR) is 91.2 cm³/mol. The fourth-order valence-corrected chi connectivity index (χ4v) is 2.47. The predicted octanol–water partition coefficient (Wildman–Crippen LogP) is 3.47. The molecule has 0 amide bonds. The molecule has 0 aliphatic carbocycles. The lowest BCUT2D eigenvalue weighted by atomic mass is 10.1. The topological polar surface area (TPSA) is 57.0 Å². The van der Waals surface area contributed by atoms with E-state index in [2.05, 4.69) is 10.3 Å². The lowest BCUT2D eigenvalue weighted by molar-refractivity contribution is 0.0726. The zero-order valence-electron chi connectivity index (χ0n) is 14.0. The smallest absolute Gasteiger partial charge is 0.365 e. The van der Waals surface area contributed by atoms with Gasteiger partial charge in [0, 0.05) is 0 Å². The van der Waals surface area contributed by atoms with Crippen molar-refractivity contribution in [1.29, 1.82) is 0 Å². The van der Waals surface area contributed by atoms with Crippen LogP contribution < -0.4 is 4.74 Å². The van der Waals surface area contributed by atoms with Crippen molar-refractivity contribution in [1.82, 2.24) is 15.0 Å². The number of carbonyl (C=O) groups is 1. The molecule has 2 aromatic carbocycles. The lowest BCUT2D eigenvalue weighted by Gasteiger charge is -2.11. The Kier molecular flexibility index (Phi) is 4.42. The van der Waals surface area contributed by atoms with E-state index in [0.717, 1.165) is 22.3 Å². The average Bonchev–Trinajstić information content (AvgIpc) is 3.04. The fourth-order valence-electron chi connectivity index (χ4n) is 2.47. The Morgan fingerprint density at radius 1 is 1.04 bits per heavy atom. The molecule has 0 radical (unpaired) electrons. The van der Waals surface area contributed by atoms with Crippen LogP contribution in [0.2, 0.25) is 0 Å². The van der Waals surface area contributed by atoms with Crippen molar-refractivity contribution in [2.45, 2.75) is 27.3 Å². The van der Waals surface area contributed by atoms with Crippen LogP contribution in [0.25, 0.3) is 0 Å². The van der Waals surface area contributed by atoms with E-state index in [0.29, 0.717) is 12.3 Å². The van der Waals surface area contributed by atoms with Crippen LogP contribution in [0.5, 0.6) is 5.75 Å². The Bertz CT molecular complexity index is 870. The van der Waals surface area contributed by atoms with Crippen molar-refractivity contribution < 1.29 is 9.53 Å². The van der Waals surface area contributed by atoms with Crippen LogP contribution in [0.4, 0.5) is 0 Å². The van der Waals surface area contributed by atoms with E-state index in [1.165, 1.54) is 0 Å². The molecule has 1 heterocycles. The zero-order valence-corrected chi connectivity index (χ0v) is 14.0. The van der Waals surface area contributed by atoms with Gasteiger partial charge in [-0.1, -0.05) is 47.7 Å². The normalized spacial score (nSPS) is 10.6. The Labute approximate surface area is 140 Å². The van der Waals surface area contributed by atoms with Crippen LogP contribution in [-0.4, -0.2) is 21.0 Å². The number of carbonyl (C=O) groups excluding carboxylic acids is 1. The molecule has 0 saturated heterocycles. The molecule has 0 saturated carbocycles. The molecule has 0 bridgehead atoms. The second kappa shape index (κ2) is 6.66. The van der Waals surface area contributed by atoms with E-state index in [9.17, 15) is 4.79 Å². The third-order valence-corrected chi connectivity index (χ3v) is 4.00. The molecular weight excluding hydrogens is 302 g/mol. The molecule has 3 rings (SSSR count). The molecule has 0 N–H and O–H groups in total. The van der Waals surface area contributed by atoms with E-state index < -0.39 is 5.97 Å². The fraction of sp³-hybridized carbons (Fsp3) is 0.211. The van der Waals surface area contributed by atoms with E-state index >= 15 is 0 Å². The maximum atomic E-state index is 12.4. The molecule has 3 aromatic rings. The number of hydrogen-bond acceptors (Lipinski definition) is 4. The summed E-state index contributed by atoms with van der Waals surface area (Å²) in [6.07, 6.45) is 1.61. The maximum Gasteiger partial charge on any atom is 0.365 e. The number of esters is 1. The van der Waals surface area contributed by atoms with E-state index in [1.54, 1.807) is 10.9 Å². The monoisotopic (exact) mass is 321 g/mol. The molecule has 1 aromatic heterocycles. The standard InChI is InChI=1S/C19H19N3O2/c1-13-9-10-14(2)18(15(13)3)24-19(23)17-12-22(21-20-17)11-16-7-5-4-6-8-16/h4-10,12H,11H2,1-3H3. The Balaban J connectivity index is 1.76. The molecule has 0 spiro atoms. The molecule has 0 aliphatic rings. The average molecular weight is 321 g/mol. The Hall–Kier alpha value is -2.95. The number of ether oxygens (including phenoxy) is 1. The third kappa shape index (κ3) is 3.35. The molecule has 122 valence electrons. The van der Waals surface area contributed by atoms with Crippen LogP contribution in [0.15, 0.2) is 48.7 Å². The van der Waals surface area contributed by atoms with Crippen molar-refractivity contribution in [3.8, 4) is 5.75 Å². The summed E-state index contributed by atoms with van der Waals surface area (Å²) in [4.78, 5) is 12.4. The number of hydrogen-bond donors (Lipinski definition) is 0. The van der Waals surface area contributed by atoms with E-state index in [4.69, 9.17) is 4.74 Å². The van der Waals surface area contributed by atoms with Gasteiger partial charge in [-0.3, -0.25) is 0 Å². The molecule has 0 atom stereocenters. The van der Waals surface area contributed by atoms with Gasteiger partial charge in [0.2, 0.25) is 0 Å². The number of nitrogens with zero attached hydrogens (tertiary/aromatic N) is 3. The SMILES string of the molecule is Cc1ccc(C)c(OC(=O)c2cn(Cc3ccccc3)nn2)c1C. The summed E-state index contributed by atoms with van der Waals surface area (Å²) >= 11 is 0. The Morgan fingerprint density at radius 3 is 2.50 bits per heavy atom. The minimum atomic E-state index is -0.494. The highest BCUT2D eigenvalue weighted by molar-refractivity contribution is 5.89. The van der Waals surface area contributed by atoms with Crippen molar-refractivity contribution in [3.63, 3.8) is 0 Å². The summed E-state index contributed by atoms with van der Waals surface area (Å²) in [7, 11) is 0. The number of benzene rings is 2. The van der Waals surface area contributed by atoms with Gasteiger partial charge in [-0.05, 0) is 43.0 Å². The van der Waals surface area contributed by atoms with Crippen molar-refractivity contribution in [2.24, 2.45) is 0 Å². The minimum Gasteiger partial charge on any atom is -0.421 e. The summed E-state index contributed by atoms with van der Waals surface area (Å²) in [5.74, 6) is 0.101. The summed E-state index contributed by atoms with van der Waals surface area (Å²) in [6, 6.07) is 13.8. The highest BCUT2D eigenvalue weighted by atomic mass is 16.5. The largest absolute Gasteiger partial charge is 0.421 e. The second-order valence-electron chi connectivity index (χ2n) is 5.83. The van der Waals surface area contributed by atoms with Crippen molar-refractivity contribution >= 4 is 5.97 Å². The molecule has 0 fully saturated rings. The number of aromatic nitrogens is 3. The maximum absolute atomic E-state index is 12.4. The third-order valence-electron chi connectivity index (χ3n) is 4.00. The van der Waals surface area contributed by atoms with Crippen molar-refractivity contribution in [3.05, 3.63) is 76.6 Å². The van der Waals surface area contributed by atoms with Crippen LogP contribution in [0.3, 0.4) is 0 Å². The van der Waals surface area contributed by atoms with E-state index in [1.807, 2.05) is 63.2 Å². The Morgan fingerprint density at radius 2 is 1.75 bits per heavy atom. The first kappa shape index (κ1) is 15.9. The molecule has 24 heavy (non-hydrogen) atoms. The van der Waals surface area contributed by atoms with Gasteiger partial charge >= 0.3 is 5.97 Å². The van der Waals surface area contributed by atoms with Gasteiger partial charge in [0.05, 0.1) is 12.7 Å². The van der Waals surface area contributed by atoms with Gasteiger partial charge < -0.3 is 4.74 Å². The summed E-state index contributed by atoms with van der Waals surface area (Å²) in [6.45, 7) is 6.41. The zero-order chi connectivity index (χ0) is 17.1. The van der Waals surface area contributed by atoms with Crippen LogP contribution in [-0.2, 0) is 6.54 Å². The number of aryl methyl sites for hydroxylation is 2. The summed E-state index contributed by atoms with van der Waals surface area (Å²) in [5.41, 5.74) is 4.25. The first-order chi connectivity index (χ1) is 11.5. The van der Waals surface area contributed by atoms with Crippen LogP contribution >= 0.6 is 0 Å². The van der Waals surface area contributed by atoms with Gasteiger partial charge in [-0.2, -0.15) is 0 Å². The molecule has 0 unspecified atom stereocenters. The van der Waals surface area contributed by atoms with Gasteiger partial charge in [0.15, 0.2) is 5.69 Å².